The number of nitrogens with one attached hydrogen (secondary N) is 1. The van der Waals surface area contributed by atoms with Crippen LogP contribution >= 0.6 is 11.8 Å². The first-order chi connectivity index (χ1) is 6.45. The molecule has 2 atom stereocenters. The van der Waals surface area contributed by atoms with E-state index < -0.39 is 0 Å². The first-order valence-corrected chi connectivity index (χ1v) is 6.53. The van der Waals surface area contributed by atoms with Gasteiger partial charge in [0.1, 0.15) is 0 Å². The second-order valence-electron chi connectivity index (χ2n) is 3.96. The lowest BCUT2D eigenvalue weighted by atomic mass is 10.1. The largest absolute Gasteiger partial charge is 0.377 e. The van der Waals surface area contributed by atoms with Crippen LogP contribution in [0, 0.1) is 0 Å². The summed E-state index contributed by atoms with van der Waals surface area (Å²) in [5.74, 6) is 2.66. The zero-order chi connectivity index (χ0) is 8.93. The summed E-state index contributed by atoms with van der Waals surface area (Å²) >= 11 is 2.08. The Hall–Kier alpha value is 0.270. The molecule has 1 N–H and O–H groups in total. The van der Waals surface area contributed by atoms with Gasteiger partial charge in [-0.05, 0) is 31.4 Å². The van der Waals surface area contributed by atoms with Crippen LogP contribution in [0.3, 0.4) is 0 Å². The molecule has 2 fully saturated rings. The second-order valence-corrected chi connectivity index (χ2v) is 5.11. The van der Waals surface area contributed by atoms with E-state index in [4.69, 9.17) is 4.74 Å². The normalized spacial score (nSPS) is 35.1. The van der Waals surface area contributed by atoms with Crippen molar-refractivity contribution in [1.29, 1.82) is 0 Å². The van der Waals surface area contributed by atoms with Crippen LogP contribution in [-0.4, -0.2) is 36.8 Å². The number of rotatable bonds is 3. The van der Waals surface area contributed by atoms with Crippen molar-refractivity contribution in [1.82, 2.24) is 5.32 Å². The van der Waals surface area contributed by atoms with Crippen LogP contribution in [-0.2, 0) is 4.74 Å². The summed E-state index contributed by atoms with van der Waals surface area (Å²) < 4.78 is 5.57. The van der Waals surface area contributed by atoms with Gasteiger partial charge in [0.05, 0.1) is 6.10 Å². The quantitative estimate of drug-likeness (QED) is 0.750. The van der Waals surface area contributed by atoms with Crippen molar-refractivity contribution in [3.63, 3.8) is 0 Å². The molecule has 0 unspecified atom stereocenters. The predicted molar refractivity (Wildman–Crippen MR) is 57.3 cm³/mol. The highest BCUT2D eigenvalue weighted by Crippen LogP contribution is 2.17. The van der Waals surface area contributed by atoms with Gasteiger partial charge in [-0.3, -0.25) is 0 Å². The van der Waals surface area contributed by atoms with Crippen molar-refractivity contribution in [3.05, 3.63) is 0 Å². The molecule has 13 heavy (non-hydrogen) atoms. The number of hydrogen-bond donors (Lipinski definition) is 1. The van der Waals surface area contributed by atoms with Gasteiger partial charge in [-0.25, -0.2) is 0 Å². The zero-order valence-electron chi connectivity index (χ0n) is 8.13. The Labute approximate surface area is 84.8 Å². The average molecular weight is 201 g/mol. The van der Waals surface area contributed by atoms with E-state index >= 15 is 0 Å². The fourth-order valence-corrected chi connectivity index (χ4v) is 3.11. The van der Waals surface area contributed by atoms with E-state index in [9.17, 15) is 0 Å². The van der Waals surface area contributed by atoms with Crippen LogP contribution in [0.5, 0.6) is 0 Å². The maximum Gasteiger partial charge on any atom is 0.0700 e. The number of ether oxygens (including phenoxy) is 1. The van der Waals surface area contributed by atoms with Gasteiger partial charge in [0, 0.05) is 24.9 Å². The lowest BCUT2D eigenvalue weighted by Crippen LogP contribution is -2.38. The molecular weight excluding hydrogens is 182 g/mol. The molecule has 76 valence electrons. The van der Waals surface area contributed by atoms with Crippen molar-refractivity contribution in [2.24, 2.45) is 0 Å². The minimum absolute atomic E-state index is 0.506. The molecule has 0 aromatic carbocycles. The molecule has 2 aliphatic heterocycles. The van der Waals surface area contributed by atoms with Gasteiger partial charge >= 0.3 is 0 Å². The minimum Gasteiger partial charge on any atom is -0.377 e. The minimum atomic E-state index is 0.506. The Kier molecular flexibility index (Phi) is 3.94. The van der Waals surface area contributed by atoms with E-state index in [0.29, 0.717) is 6.10 Å². The van der Waals surface area contributed by atoms with Crippen molar-refractivity contribution in [2.45, 2.75) is 37.8 Å². The number of thioether (sulfide) groups is 1. The van der Waals surface area contributed by atoms with E-state index in [-0.39, 0.29) is 0 Å². The Morgan fingerprint density at radius 2 is 2.31 bits per heavy atom. The fourth-order valence-electron chi connectivity index (χ4n) is 2.01. The Balaban J connectivity index is 1.60. The molecule has 2 saturated heterocycles. The topological polar surface area (TPSA) is 21.3 Å². The van der Waals surface area contributed by atoms with Crippen LogP contribution < -0.4 is 5.32 Å². The van der Waals surface area contributed by atoms with Gasteiger partial charge < -0.3 is 10.1 Å². The maximum atomic E-state index is 5.57. The van der Waals surface area contributed by atoms with E-state index in [1.807, 2.05) is 0 Å². The van der Waals surface area contributed by atoms with Crippen molar-refractivity contribution in [2.75, 3.05) is 24.7 Å². The molecule has 0 aromatic heterocycles. The third kappa shape index (κ3) is 3.15. The molecule has 2 heterocycles. The van der Waals surface area contributed by atoms with E-state index in [1.54, 1.807) is 0 Å². The molecule has 0 spiro atoms. The third-order valence-electron chi connectivity index (χ3n) is 2.82. The van der Waals surface area contributed by atoms with Crippen molar-refractivity contribution >= 4 is 11.8 Å². The smallest absolute Gasteiger partial charge is 0.0700 e. The van der Waals surface area contributed by atoms with Gasteiger partial charge in [0.25, 0.3) is 0 Å². The van der Waals surface area contributed by atoms with E-state index in [1.165, 1.54) is 37.2 Å². The number of hydrogen-bond acceptors (Lipinski definition) is 3. The highest BCUT2D eigenvalue weighted by atomic mass is 32.2. The Morgan fingerprint density at radius 1 is 1.31 bits per heavy atom. The molecule has 2 aliphatic rings. The maximum absolute atomic E-state index is 5.57. The average Bonchev–Trinajstić information content (AvgIpc) is 2.69. The monoisotopic (exact) mass is 201 g/mol. The standard InChI is InChI=1S/C10H19NOS/c1-4-10(12-5-1)7-11-9-3-2-6-13-8-9/h9-11H,1-8H2/t9-,10+/m0/s1. The lowest BCUT2D eigenvalue weighted by molar-refractivity contribution is 0.107. The van der Waals surface area contributed by atoms with Crippen LogP contribution in [0.4, 0.5) is 0 Å². The molecule has 0 radical (unpaired) electrons. The van der Waals surface area contributed by atoms with Crippen molar-refractivity contribution < 1.29 is 4.74 Å². The Bertz CT molecular complexity index is 142. The summed E-state index contributed by atoms with van der Waals surface area (Å²) in [6.45, 7) is 2.05. The molecular formula is C10H19NOS. The molecule has 0 bridgehead atoms. The van der Waals surface area contributed by atoms with Crippen molar-refractivity contribution in [3.8, 4) is 0 Å². The molecule has 0 saturated carbocycles. The summed E-state index contributed by atoms with van der Waals surface area (Å²) in [6, 6.07) is 0.753. The molecule has 2 rings (SSSR count). The summed E-state index contributed by atoms with van der Waals surface area (Å²) in [5.41, 5.74) is 0. The van der Waals surface area contributed by atoms with Gasteiger partial charge in [0.2, 0.25) is 0 Å². The van der Waals surface area contributed by atoms with Crippen LogP contribution in [0.2, 0.25) is 0 Å². The molecule has 2 nitrogen and oxygen atoms in total. The molecule has 0 aliphatic carbocycles. The molecule has 3 heteroatoms. The lowest BCUT2D eigenvalue weighted by Gasteiger charge is -2.23. The highest BCUT2D eigenvalue weighted by Gasteiger charge is 2.18. The van der Waals surface area contributed by atoms with E-state index in [0.717, 1.165) is 19.2 Å². The fraction of sp³-hybridized carbons (Fsp3) is 1.00. The molecule has 0 aromatic rings. The van der Waals surface area contributed by atoms with Crippen LogP contribution in [0.1, 0.15) is 25.7 Å². The zero-order valence-corrected chi connectivity index (χ0v) is 8.94. The van der Waals surface area contributed by atoms with Gasteiger partial charge in [-0.15, -0.1) is 0 Å². The second kappa shape index (κ2) is 5.23. The van der Waals surface area contributed by atoms with Crippen LogP contribution in [0.25, 0.3) is 0 Å². The summed E-state index contributed by atoms with van der Waals surface area (Å²) in [5, 5.41) is 3.62. The molecule has 0 amide bonds. The van der Waals surface area contributed by atoms with Gasteiger partial charge in [0.15, 0.2) is 0 Å². The van der Waals surface area contributed by atoms with Gasteiger partial charge in [-0.1, -0.05) is 0 Å². The summed E-state index contributed by atoms with van der Waals surface area (Å²) in [4.78, 5) is 0. The SMILES string of the molecule is C1CSC[C@@H](NC[C@H]2CCCO2)C1. The highest BCUT2D eigenvalue weighted by molar-refractivity contribution is 7.99. The van der Waals surface area contributed by atoms with E-state index in [2.05, 4.69) is 17.1 Å². The van der Waals surface area contributed by atoms with Gasteiger partial charge in [-0.2, -0.15) is 11.8 Å². The summed E-state index contributed by atoms with van der Waals surface area (Å²) in [7, 11) is 0. The summed E-state index contributed by atoms with van der Waals surface area (Å²) in [6.07, 6.45) is 5.76. The van der Waals surface area contributed by atoms with Crippen LogP contribution in [0.15, 0.2) is 0 Å². The first kappa shape index (κ1) is 9.81. The Morgan fingerprint density at radius 3 is 3.00 bits per heavy atom. The predicted octanol–water partition coefficient (Wildman–Crippen LogP) is 1.65. The third-order valence-corrected chi connectivity index (χ3v) is 4.03. The first-order valence-electron chi connectivity index (χ1n) is 5.38.